The molecule has 20 heavy (non-hydrogen) atoms. The van der Waals surface area contributed by atoms with Crippen molar-refractivity contribution in [2.45, 2.75) is 24.9 Å². The Morgan fingerprint density at radius 1 is 1.30 bits per heavy atom. The number of hydrogen-bond acceptors (Lipinski definition) is 4. The maximum absolute atomic E-state index is 12.5. The van der Waals surface area contributed by atoms with Crippen molar-refractivity contribution in [2.75, 3.05) is 12.8 Å². The second kappa shape index (κ2) is 5.64. The maximum Gasteiger partial charge on any atom is 0.248 e. The molecular formula is C13H18N4O2S. The molecule has 0 saturated heterocycles. The Morgan fingerprint density at radius 3 is 2.50 bits per heavy atom. The van der Waals surface area contributed by atoms with E-state index in [1.54, 1.807) is 0 Å². The van der Waals surface area contributed by atoms with Crippen molar-refractivity contribution in [3.05, 3.63) is 42.1 Å². The van der Waals surface area contributed by atoms with Crippen molar-refractivity contribution >= 4 is 15.8 Å². The predicted octanol–water partition coefficient (Wildman–Crippen LogP) is 1.31. The molecule has 6 nitrogen and oxygen atoms in total. The van der Waals surface area contributed by atoms with Gasteiger partial charge in [0.2, 0.25) is 10.0 Å². The number of anilines is 1. The molecule has 0 aliphatic rings. The van der Waals surface area contributed by atoms with Crippen molar-refractivity contribution in [2.24, 2.45) is 0 Å². The SMILES string of the molecule is CCn1cc(S(=O)(=O)N(C)Cc2ccccc2)c(N)n1. The quantitative estimate of drug-likeness (QED) is 0.901. The van der Waals surface area contributed by atoms with Gasteiger partial charge in [-0.1, -0.05) is 30.3 Å². The van der Waals surface area contributed by atoms with Gasteiger partial charge in [0.25, 0.3) is 0 Å². The van der Waals surface area contributed by atoms with Crippen molar-refractivity contribution in [1.82, 2.24) is 14.1 Å². The van der Waals surface area contributed by atoms with Gasteiger partial charge in [0.15, 0.2) is 5.82 Å². The molecule has 0 fully saturated rings. The smallest absolute Gasteiger partial charge is 0.248 e. The first kappa shape index (κ1) is 14.5. The van der Waals surface area contributed by atoms with Crippen LogP contribution < -0.4 is 5.73 Å². The fourth-order valence-corrected chi connectivity index (χ4v) is 3.09. The number of nitrogens with two attached hydrogens (primary N) is 1. The Kier molecular flexibility index (Phi) is 4.10. The molecular weight excluding hydrogens is 276 g/mol. The zero-order valence-electron chi connectivity index (χ0n) is 11.5. The average molecular weight is 294 g/mol. The lowest BCUT2D eigenvalue weighted by Crippen LogP contribution is -2.26. The number of sulfonamides is 1. The summed E-state index contributed by atoms with van der Waals surface area (Å²) < 4.78 is 27.7. The second-order valence-corrected chi connectivity index (χ2v) is 6.49. The van der Waals surface area contributed by atoms with Crippen LogP contribution in [0, 0.1) is 0 Å². The molecule has 2 rings (SSSR count). The lowest BCUT2D eigenvalue weighted by molar-refractivity contribution is 0.467. The van der Waals surface area contributed by atoms with E-state index < -0.39 is 10.0 Å². The third-order valence-corrected chi connectivity index (χ3v) is 4.84. The molecule has 2 aromatic rings. The van der Waals surface area contributed by atoms with E-state index >= 15 is 0 Å². The van der Waals surface area contributed by atoms with E-state index in [0.29, 0.717) is 13.1 Å². The van der Waals surface area contributed by atoms with Gasteiger partial charge < -0.3 is 5.73 Å². The van der Waals surface area contributed by atoms with E-state index in [-0.39, 0.29) is 10.7 Å². The molecule has 0 amide bonds. The summed E-state index contributed by atoms with van der Waals surface area (Å²) in [4.78, 5) is 0.0535. The van der Waals surface area contributed by atoms with Crippen LogP contribution in [0.15, 0.2) is 41.4 Å². The third kappa shape index (κ3) is 2.83. The van der Waals surface area contributed by atoms with E-state index in [0.717, 1.165) is 5.56 Å². The average Bonchev–Trinajstić information content (AvgIpc) is 2.82. The molecule has 108 valence electrons. The fourth-order valence-electron chi connectivity index (χ4n) is 1.87. The highest BCUT2D eigenvalue weighted by atomic mass is 32.2. The van der Waals surface area contributed by atoms with E-state index in [1.807, 2.05) is 37.3 Å². The van der Waals surface area contributed by atoms with Crippen molar-refractivity contribution < 1.29 is 8.42 Å². The minimum absolute atomic E-state index is 0.0340. The Labute approximate surface area is 118 Å². The summed E-state index contributed by atoms with van der Waals surface area (Å²) >= 11 is 0. The number of nitrogen functional groups attached to an aromatic ring is 1. The van der Waals surface area contributed by atoms with Crippen LogP contribution in [0.3, 0.4) is 0 Å². The van der Waals surface area contributed by atoms with Crippen molar-refractivity contribution in [3.63, 3.8) is 0 Å². The lowest BCUT2D eigenvalue weighted by atomic mass is 10.2. The van der Waals surface area contributed by atoms with Crippen molar-refractivity contribution in [1.29, 1.82) is 0 Å². The van der Waals surface area contributed by atoms with Gasteiger partial charge in [-0.2, -0.15) is 9.40 Å². The van der Waals surface area contributed by atoms with E-state index in [4.69, 9.17) is 5.73 Å². The zero-order chi connectivity index (χ0) is 14.8. The van der Waals surface area contributed by atoms with E-state index in [2.05, 4.69) is 5.10 Å². The van der Waals surface area contributed by atoms with Gasteiger partial charge >= 0.3 is 0 Å². The summed E-state index contributed by atoms with van der Waals surface area (Å²) in [7, 11) is -2.10. The lowest BCUT2D eigenvalue weighted by Gasteiger charge is -2.16. The monoisotopic (exact) mass is 294 g/mol. The molecule has 0 aliphatic carbocycles. The molecule has 0 aliphatic heterocycles. The normalized spacial score (nSPS) is 11.9. The van der Waals surface area contributed by atoms with E-state index in [1.165, 1.54) is 22.2 Å². The molecule has 7 heteroatoms. The summed E-state index contributed by atoms with van der Waals surface area (Å²) in [5.41, 5.74) is 6.61. The Morgan fingerprint density at radius 2 is 1.95 bits per heavy atom. The van der Waals surface area contributed by atoms with Crippen LogP contribution in [0.5, 0.6) is 0 Å². The Hall–Kier alpha value is -1.86. The van der Waals surface area contributed by atoms with Crippen LogP contribution in [0.25, 0.3) is 0 Å². The zero-order valence-corrected chi connectivity index (χ0v) is 12.3. The predicted molar refractivity (Wildman–Crippen MR) is 77.4 cm³/mol. The summed E-state index contributed by atoms with van der Waals surface area (Å²) in [5.74, 6) is 0.0340. The number of hydrogen-bond donors (Lipinski definition) is 1. The van der Waals surface area contributed by atoms with Crippen LogP contribution in [-0.4, -0.2) is 29.6 Å². The highest BCUT2D eigenvalue weighted by molar-refractivity contribution is 7.89. The number of aromatic nitrogens is 2. The molecule has 0 saturated carbocycles. The molecule has 1 aromatic heterocycles. The topological polar surface area (TPSA) is 81.2 Å². The summed E-state index contributed by atoms with van der Waals surface area (Å²) in [6.45, 7) is 2.73. The summed E-state index contributed by atoms with van der Waals surface area (Å²) in [6.07, 6.45) is 1.46. The fraction of sp³-hybridized carbons (Fsp3) is 0.308. The highest BCUT2D eigenvalue weighted by Crippen LogP contribution is 2.21. The van der Waals surface area contributed by atoms with E-state index in [9.17, 15) is 8.42 Å². The van der Waals surface area contributed by atoms with Gasteiger partial charge in [-0.15, -0.1) is 0 Å². The van der Waals surface area contributed by atoms with Crippen molar-refractivity contribution in [3.8, 4) is 0 Å². The third-order valence-electron chi connectivity index (χ3n) is 3.02. The van der Waals surface area contributed by atoms with Gasteiger partial charge in [-0.05, 0) is 12.5 Å². The highest BCUT2D eigenvalue weighted by Gasteiger charge is 2.26. The standard InChI is InChI=1S/C13H18N4O2S/c1-3-17-10-12(13(14)15-17)20(18,19)16(2)9-11-7-5-4-6-8-11/h4-8,10H,3,9H2,1-2H3,(H2,14,15). The largest absolute Gasteiger partial charge is 0.381 e. The minimum Gasteiger partial charge on any atom is -0.381 e. The van der Waals surface area contributed by atoms with Crippen LogP contribution >= 0.6 is 0 Å². The van der Waals surface area contributed by atoms with Crippen LogP contribution in [0.1, 0.15) is 12.5 Å². The van der Waals surface area contributed by atoms with Gasteiger partial charge in [0.05, 0.1) is 0 Å². The first-order valence-corrected chi connectivity index (χ1v) is 7.72. The molecule has 1 aromatic carbocycles. The molecule has 0 spiro atoms. The van der Waals surface area contributed by atoms with Gasteiger partial charge in [-0.25, -0.2) is 8.42 Å². The maximum atomic E-state index is 12.5. The second-order valence-electron chi connectivity index (χ2n) is 4.48. The molecule has 1 heterocycles. The summed E-state index contributed by atoms with van der Waals surface area (Å²) in [5, 5.41) is 3.97. The van der Waals surface area contributed by atoms with Gasteiger partial charge in [0.1, 0.15) is 4.90 Å². The molecule has 0 atom stereocenters. The van der Waals surface area contributed by atoms with Crippen LogP contribution in [0.2, 0.25) is 0 Å². The Bertz CT molecular complexity index is 680. The number of rotatable bonds is 5. The first-order chi connectivity index (χ1) is 9.45. The number of benzene rings is 1. The molecule has 0 bridgehead atoms. The molecule has 0 radical (unpaired) electrons. The minimum atomic E-state index is -3.63. The molecule has 2 N–H and O–H groups in total. The van der Waals surface area contributed by atoms with Gasteiger partial charge in [-0.3, -0.25) is 4.68 Å². The summed E-state index contributed by atoms with van der Waals surface area (Å²) in [6, 6.07) is 9.40. The van der Waals surface area contributed by atoms with Crippen LogP contribution in [0.4, 0.5) is 5.82 Å². The van der Waals surface area contributed by atoms with Crippen LogP contribution in [-0.2, 0) is 23.1 Å². The van der Waals surface area contributed by atoms with Gasteiger partial charge in [0, 0.05) is 26.3 Å². The molecule has 0 unspecified atom stereocenters. The number of nitrogens with zero attached hydrogens (tertiary/aromatic N) is 3. The number of aryl methyl sites for hydroxylation is 1. The first-order valence-electron chi connectivity index (χ1n) is 6.28. The Balaban J connectivity index is 2.27.